The minimum Gasteiger partial charge on any atom is -0.453 e. The van der Waals surface area contributed by atoms with E-state index in [2.05, 4.69) is 16.9 Å². The summed E-state index contributed by atoms with van der Waals surface area (Å²) in [5.74, 6) is 0.566. The van der Waals surface area contributed by atoms with E-state index < -0.39 is 19.9 Å². The molecule has 0 saturated heterocycles. The van der Waals surface area contributed by atoms with Crippen molar-refractivity contribution >= 4 is 52.8 Å². The lowest BCUT2D eigenvalue weighted by Crippen LogP contribution is -2.07. The minimum absolute atomic E-state index is 0.0654. The molecule has 9 heteroatoms. The van der Waals surface area contributed by atoms with Gasteiger partial charge < -0.3 is 14.5 Å². The number of hydrogen-bond acceptors (Lipinski definition) is 6. The highest BCUT2D eigenvalue weighted by atomic mass is 32.2. The highest BCUT2D eigenvalue weighted by Crippen LogP contribution is 2.34. The van der Waals surface area contributed by atoms with E-state index in [1.54, 1.807) is 0 Å². The molecule has 0 radical (unpaired) electrons. The third-order valence-corrected chi connectivity index (χ3v) is 5.63. The first-order chi connectivity index (χ1) is 10.3. The maximum absolute atomic E-state index is 11.3. The van der Waals surface area contributed by atoms with Crippen molar-refractivity contribution in [2.45, 2.75) is 19.1 Å². The van der Waals surface area contributed by atoms with Gasteiger partial charge in [0.1, 0.15) is 3.53 Å². The Kier molecular flexibility index (Phi) is 8.67. The number of hydrogen-bond donors (Lipinski definition) is 2. The number of ether oxygens (including phenoxy) is 1. The molecular formula is C13H17O5PS3. The van der Waals surface area contributed by atoms with E-state index in [0.29, 0.717) is 5.75 Å². The van der Waals surface area contributed by atoms with Gasteiger partial charge in [-0.25, -0.2) is 0 Å². The summed E-state index contributed by atoms with van der Waals surface area (Å²) in [4.78, 5) is 28.4. The molecule has 0 heterocycles. The average Bonchev–Trinajstić information content (AvgIpc) is 2.44. The zero-order chi connectivity index (χ0) is 16.6. The first-order valence-corrected chi connectivity index (χ1v) is 10.5. The summed E-state index contributed by atoms with van der Waals surface area (Å²) in [5, 5.41) is 0. The van der Waals surface area contributed by atoms with Crippen LogP contribution in [0.2, 0.25) is 0 Å². The van der Waals surface area contributed by atoms with Gasteiger partial charge in [0, 0.05) is 11.5 Å². The Labute approximate surface area is 143 Å². The molecule has 1 aromatic rings. The van der Waals surface area contributed by atoms with E-state index in [9.17, 15) is 9.36 Å². The van der Waals surface area contributed by atoms with Crippen LogP contribution in [-0.4, -0.2) is 31.4 Å². The molecule has 1 rings (SSSR count). The number of thiocarbonyl (C=S) groups is 1. The molecular weight excluding hydrogens is 363 g/mol. The van der Waals surface area contributed by atoms with E-state index in [-0.39, 0.29) is 6.42 Å². The molecule has 2 N–H and O–H groups in total. The molecule has 0 aliphatic heterocycles. The second-order valence-corrected chi connectivity index (χ2v) is 9.29. The van der Waals surface area contributed by atoms with Crippen molar-refractivity contribution in [1.29, 1.82) is 0 Å². The largest absolute Gasteiger partial charge is 0.453 e. The van der Waals surface area contributed by atoms with E-state index in [0.717, 1.165) is 9.28 Å². The number of carbonyl (C=O) groups is 1. The number of carbonyl (C=O) groups excluding carboxylic acids is 1. The number of esters is 1. The Morgan fingerprint density at radius 2 is 1.91 bits per heavy atom. The quantitative estimate of drug-likeness (QED) is 0.423. The number of thioether (sulfide) groups is 2. The van der Waals surface area contributed by atoms with Crippen molar-refractivity contribution in [1.82, 2.24) is 0 Å². The van der Waals surface area contributed by atoms with Gasteiger partial charge in [-0.15, -0.1) is 23.5 Å². The van der Waals surface area contributed by atoms with Gasteiger partial charge in [0.15, 0.2) is 6.35 Å². The predicted molar refractivity (Wildman–Crippen MR) is 95.2 cm³/mol. The van der Waals surface area contributed by atoms with Crippen molar-refractivity contribution in [2.24, 2.45) is 0 Å². The zero-order valence-electron chi connectivity index (χ0n) is 11.9. The molecule has 22 heavy (non-hydrogen) atoms. The van der Waals surface area contributed by atoms with Crippen molar-refractivity contribution in [3.63, 3.8) is 0 Å². The van der Waals surface area contributed by atoms with Crippen LogP contribution in [0, 0.1) is 6.92 Å². The number of benzene rings is 1. The Balaban J connectivity index is 2.16. The summed E-state index contributed by atoms with van der Waals surface area (Å²) in [5.41, 5.74) is 2.39. The van der Waals surface area contributed by atoms with Crippen LogP contribution < -0.4 is 0 Å². The van der Waals surface area contributed by atoms with Crippen LogP contribution in [0.4, 0.5) is 0 Å². The predicted octanol–water partition coefficient (Wildman–Crippen LogP) is 3.31. The third kappa shape index (κ3) is 9.61. The number of aryl methyl sites for hydroxylation is 1. The zero-order valence-corrected chi connectivity index (χ0v) is 15.3. The molecule has 0 bridgehead atoms. The van der Waals surface area contributed by atoms with Crippen LogP contribution in [0.15, 0.2) is 24.3 Å². The first kappa shape index (κ1) is 19.7. The topological polar surface area (TPSA) is 83.8 Å². The highest BCUT2D eigenvalue weighted by Gasteiger charge is 2.16. The lowest BCUT2D eigenvalue weighted by molar-refractivity contribution is -0.141. The van der Waals surface area contributed by atoms with Crippen LogP contribution in [-0.2, 0) is 19.8 Å². The maximum atomic E-state index is 11.3. The summed E-state index contributed by atoms with van der Waals surface area (Å²) in [6.45, 7) is 2.03. The molecule has 0 saturated carbocycles. The Bertz CT molecular complexity index is 555. The molecule has 5 nitrogen and oxygen atoms in total. The lowest BCUT2D eigenvalue weighted by atomic mass is 10.2. The van der Waals surface area contributed by atoms with Gasteiger partial charge in [0.2, 0.25) is 0 Å². The summed E-state index contributed by atoms with van der Waals surface area (Å²) in [6.07, 6.45) is -0.807. The molecule has 0 amide bonds. The van der Waals surface area contributed by atoms with E-state index in [1.807, 2.05) is 19.1 Å². The van der Waals surface area contributed by atoms with Gasteiger partial charge >= 0.3 is 13.6 Å². The van der Waals surface area contributed by atoms with Crippen LogP contribution in [0.3, 0.4) is 0 Å². The summed E-state index contributed by atoms with van der Waals surface area (Å²) in [6, 6.07) is 8.19. The van der Waals surface area contributed by atoms with Crippen LogP contribution >= 0.6 is 43.3 Å². The molecule has 122 valence electrons. The monoisotopic (exact) mass is 380 g/mol. The normalized spacial score (nSPS) is 11.2. The van der Waals surface area contributed by atoms with Crippen LogP contribution in [0.1, 0.15) is 17.5 Å². The molecule has 0 aliphatic rings. The van der Waals surface area contributed by atoms with Gasteiger partial charge in [0.05, 0.1) is 6.42 Å². The fourth-order valence-corrected chi connectivity index (χ4v) is 3.73. The Hall–Kier alpha value is -0.370. The number of rotatable bonds is 7. The van der Waals surface area contributed by atoms with E-state index in [1.165, 1.54) is 34.7 Å². The van der Waals surface area contributed by atoms with Gasteiger partial charge in [-0.05, 0) is 12.5 Å². The fourth-order valence-electron chi connectivity index (χ4n) is 1.31. The summed E-state index contributed by atoms with van der Waals surface area (Å²) < 4.78 is 15.7. The molecule has 0 fully saturated rings. The third-order valence-electron chi connectivity index (χ3n) is 2.40. The van der Waals surface area contributed by atoms with Gasteiger partial charge in [-0.2, -0.15) is 0 Å². The molecule has 0 unspecified atom stereocenters. The molecule has 0 spiro atoms. The smallest absolute Gasteiger partial charge is 0.362 e. The molecule has 0 atom stereocenters. The molecule has 0 aromatic heterocycles. The van der Waals surface area contributed by atoms with E-state index >= 15 is 0 Å². The summed E-state index contributed by atoms with van der Waals surface area (Å²) >= 11 is 8.09. The van der Waals surface area contributed by atoms with E-state index in [4.69, 9.17) is 22.0 Å². The fraction of sp³-hybridized carbons (Fsp3) is 0.385. The van der Waals surface area contributed by atoms with Crippen molar-refractivity contribution < 1.29 is 23.9 Å². The first-order valence-electron chi connectivity index (χ1n) is 6.31. The van der Waals surface area contributed by atoms with Crippen molar-refractivity contribution in [3.05, 3.63) is 35.4 Å². The van der Waals surface area contributed by atoms with Crippen molar-refractivity contribution in [3.8, 4) is 0 Å². The SMILES string of the molecule is Cc1ccc(CSC(=S)SCCC(=O)OCP(=O)(O)O)cc1. The molecule has 1 aromatic carbocycles. The second-order valence-electron chi connectivity index (χ2n) is 4.43. The second kappa shape index (κ2) is 9.70. The average molecular weight is 380 g/mol. The standard InChI is InChI=1S/C13H17O5PS3/c1-10-2-4-11(5-3-10)8-22-13(20)21-7-6-12(14)18-9-19(15,16)17/h2-5H,6-9H2,1H3,(H2,15,16,17). The van der Waals surface area contributed by atoms with Gasteiger partial charge in [-0.3, -0.25) is 9.36 Å². The Morgan fingerprint density at radius 3 is 2.50 bits per heavy atom. The maximum Gasteiger partial charge on any atom is 0.362 e. The lowest BCUT2D eigenvalue weighted by Gasteiger charge is -2.06. The van der Waals surface area contributed by atoms with Crippen LogP contribution in [0.25, 0.3) is 0 Å². The van der Waals surface area contributed by atoms with Gasteiger partial charge in [-0.1, -0.05) is 42.0 Å². The highest BCUT2D eigenvalue weighted by molar-refractivity contribution is 8.46. The van der Waals surface area contributed by atoms with Crippen molar-refractivity contribution in [2.75, 3.05) is 12.1 Å². The van der Waals surface area contributed by atoms with Crippen LogP contribution in [0.5, 0.6) is 0 Å². The van der Waals surface area contributed by atoms with Gasteiger partial charge in [0.25, 0.3) is 0 Å². The summed E-state index contributed by atoms with van der Waals surface area (Å²) in [7, 11) is -4.30. The Morgan fingerprint density at radius 1 is 1.27 bits per heavy atom. The molecule has 0 aliphatic carbocycles. The minimum atomic E-state index is -4.30.